The van der Waals surface area contributed by atoms with Crippen molar-refractivity contribution in [1.29, 1.82) is 0 Å². The molecule has 0 aliphatic rings. The van der Waals surface area contributed by atoms with Crippen molar-refractivity contribution in [2.24, 2.45) is 0 Å². The van der Waals surface area contributed by atoms with Gasteiger partial charge in [0.1, 0.15) is 0 Å². The van der Waals surface area contributed by atoms with E-state index in [1.54, 1.807) is 6.07 Å². The molecule has 134 valence electrons. The van der Waals surface area contributed by atoms with Crippen LogP contribution in [0, 0.1) is 0 Å². The molecule has 0 bridgehead atoms. The molecule has 3 rings (SSSR count). The molecule has 1 N–H and O–H groups in total. The SMILES string of the molecule is C[C@H](NC(=O)CSc1nnc(Cc2ccccc2)o1)c1ccccc1Cl. The van der Waals surface area contributed by atoms with Crippen LogP contribution in [-0.2, 0) is 11.2 Å². The number of hydrogen-bond donors (Lipinski definition) is 1. The molecule has 0 spiro atoms. The summed E-state index contributed by atoms with van der Waals surface area (Å²) in [7, 11) is 0. The molecule has 0 radical (unpaired) electrons. The number of thioether (sulfide) groups is 1. The molecule has 1 heterocycles. The van der Waals surface area contributed by atoms with Crippen molar-refractivity contribution in [2.45, 2.75) is 24.6 Å². The minimum absolute atomic E-state index is 0.120. The summed E-state index contributed by atoms with van der Waals surface area (Å²) < 4.78 is 5.59. The van der Waals surface area contributed by atoms with Crippen LogP contribution >= 0.6 is 23.4 Å². The molecule has 3 aromatic rings. The molecule has 0 saturated carbocycles. The van der Waals surface area contributed by atoms with Crippen molar-refractivity contribution < 1.29 is 9.21 Å². The van der Waals surface area contributed by atoms with Crippen LogP contribution in [0.25, 0.3) is 0 Å². The predicted octanol–water partition coefficient (Wildman–Crippen LogP) is 4.28. The predicted molar refractivity (Wildman–Crippen MR) is 102 cm³/mol. The van der Waals surface area contributed by atoms with Gasteiger partial charge in [0, 0.05) is 5.02 Å². The van der Waals surface area contributed by atoms with Gasteiger partial charge in [-0.3, -0.25) is 4.79 Å². The second kappa shape index (κ2) is 8.87. The number of nitrogens with zero attached hydrogens (tertiary/aromatic N) is 2. The summed E-state index contributed by atoms with van der Waals surface area (Å²) in [4.78, 5) is 12.1. The summed E-state index contributed by atoms with van der Waals surface area (Å²) in [5.41, 5.74) is 1.98. The molecule has 1 amide bonds. The van der Waals surface area contributed by atoms with Gasteiger partial charge in [-0.05, 0) is 24.1 Å². The van der Waals surface area contributed by atoms with Gasteiger partial charge in [-0.1, -0.05) is 71.9 Å². The van der Waals surface area contributed by atoms with Gasteiger partial charge in [0.25, 0.3) is 5.22 Å². The molecule has 0 aliphatic heterocycles. The molecule has 2 aromatic carbocycles. The maximum Gasteiger partial charge on any atom is 0.277 e. The molecule has 1 aromatic heterocycles. The highest BCUT2D eigenvalue weighted by atomic mass is 35.5. The van der Waals surface area contributed by atoms with Gasteiger partial charge >= 0.3 is 0 Å². The van der Waals surface area contributed by atoms with Crippen LogP contribution in [0.5, 0.6) is 0 Å². The van der Waals surface area contributed by atoms with E-state index in [0.29, 0.717) is 22.6 Å². The van der Waals surface area contributed by atoms with Crippen molar-refractivity contribution in [1.82, 2.24) is 15.5 Å². The molecule has 7 heteroatoms. The fraction of sp³-hybridized carbons (Fsp3) is 0.211. The lowest BCUT2D eigenvalue weighted by atomic mass is 10.1. The number of amides is 1. The first-order valence-electron chi connectivity index (χ1n) is 8.14. The average Bonchev–Trinajstić information content (AvgIpc) is 3.08. The summed E-state index contributed by atoms with van der Waals surface area (Å²) in [6.45, 7) is 1.90. The van der Waals surface area contributed by atoms with E-state index in [1.165, 1.54) is 11.8 Å². The van der Waals surface area contributed by atoms with Crippen LogP contribution in [0.3, 0.4) is 0 Å². The van der Waals surface area contributed by atoms with Crippen molar-refractivity contribution in [3.8, 4) is 0 Å². The number of carbonyl (C=O) groups excluding carboxylic acids is 1. The minimum atomic E-state index is -0.173. The second-order valence-corrected chi connectivity index (χ2v) is 7.06. The Morgan fingerprint density at radius 3 is 2.65 bits per heavy atom. The first-order chi connectivity index (χ1) is 12.6. The Bertz CT molecular complexity index is 870. The maximum absolute atomic E-state index is 12.1. The van der Waals surface area contributed by atoms with Crippen LogP contribution in [0.15, 0.2) is 64.2 Å². The molecule has 1 atom stereocenters. The van der Waals surface area contributed by atoms with Gasteiger partial charge in [0.15, 0.2) is 0 Å². The Morgan fingerprint density at radius 2 is 1.88 bits per heavy atom. The Labute approximate surface area is 161 Å². The molecule has 26 heavy (non-hydrogen) atoms. The Balaban J connectivity index is 1.50. The zero-order valence-electron chi connectivity index (χ0n) is 14.2. The Kier molecular flexibility index (Phi) is 6.30. The Hall–Kier alpha value is -2.31. The van der Waals surface area contributed by atoms with E-state index in [-0.39, 0.29) is 17.7 Å². The molecule has 0 saturated heterocycles. The van der Waals surface area contributed by atoms with Gasteiger partial charge in [0.2, 0.25) is 11.8 Å². The quantitative estimate of drug-likeness (QED) is 0.613. The average molecular weight is 388 g/mol. The highest BCUT2D eigenvalue weighted by molar-refractivity contribution is 7.99. The minimum Gasteiger partial charge on any atom is -0.416 e. The van der Waals surface area contributed by atoms with E-state index in [1.807, 2.05) is 55.5 Å². The molecule has 0 fully saturated rings. The number of benzene rings is 2. The van der Waals surface area contributed by atoms with E-state index >= 15 is 0 Å². The lowest BCUT2D eigenvalue weighted by Gasteiger charge is -2.15. The summed E-state index contributed by atoms with van der Waals surface area (Å²) in [6, 6.07) is 17.2. The largest absolute Gasteiger partial charge is 0.416 e. The summed E-state index contributed by atoms with van der Waals surface area (Å²) in [5.74, 6) is 0.607. The van der Waals surface area contributed by atoms with Crippen molar-refractivity contribution in [2.75, 3.05) is 5.75 Å². The zero-order valence-corrected chi connectivity index (χ0v) is 15.8. The number of hydrogen-bond acceptors (Lipinski definition) is 5. The highest BCUT2D eigenvalue weighted by Crippen LogP contribution is 2.23. The molecule has 0 unspecified atom stereocenters. The normalized spacial score (nSPS) is 11.9. The lowest BCUT2D eigenvalue weighted by Crippen LogP contribution is -2.28. The smallest absolute Gasteiger partial charge is 0.277 e. The molecular weight excluding hydrogens is 370 g/mol. The number of carbonyl (C=O) groups is 1. The number of nitrogens with one attached hydrogen (secondary N) is 1. The lowest BCUT2D eigenvalue weighted by molar-refractivity contribution is -0.119. The van der Waals surface area contributed by atoms with E-state index in [0.717, 1.165) is 11.1 Å². The van der Waals surface area contributed by atoms with E-state index < -0.39 is 0 Å². The Morgan fingerprint density at radius 1 is 1.15 bits per heavy atom. The van der Waals surface area contributed by atoms with Crippen LogP contribution in [-0.4, -0.2) is 21.9 Å². The summed E-state index contributed by atoms with van der Waals surface area (Å²) >= 11 is 7.37. The number of rotatable bonds is 7. The van der Waals surface area contributed by atoms with Crippen LogP contribution in [0.1, 0.15) is 30.0 Å². The zero-order chi connectivity index (χ0) is 18.4. The number of aromatic nitrogens is 2. The van der Waals surface area contributed by atoms with E-state index in [9.17, 15) is 4.79 Å². The first kappa shape index (κ1) is 18.5. The van der Waals surface area contributed by atoms with Gasteiger partial charge in [-0.2, -0.15) is 0 Å². The third kappa shape index (κ3) is 5.09. The van der Waals surface area contributed by atoms with Crippen molar-refractivity contribution in [3.63, 3.8) is 0 Å². The first-order valence-corrected chi connectivity index (χ1v) is 9.51. The third-order valence-electron chi connectivity index (χ3n) is 3.72. The van der Waals surface area contributed by atoms with Crippen LogP contribution < -0.4 is 5.32 Å². The molecular formula is C19H18ClN3O2S. The number of halogens is 1. The fourth-order valence-electron chi connectivity index (χ4n) is 2.45. The summed E-state index contributed by atoms with van der Waals surface area (Å²) in [6.07, 6.45) is 0.574. The van der Waals surface area contributed by atoms with Gasteiger partial charge in [-0.25, -0.2) is 0 Å². The van der Waals surface area contributed by atoms with E-state index in [2.05, 4.69) is 15.5 Å². The van der Waals surface area contributed by atoms with Gasteiger partial charge < -0.3 is 9.73 Å². The van der Waals surface area contributed by atoms with Crippen molar-refractivity contribution in [3.05, 3.63) is 76.6 Å². The standard InChI is InChI=1S/C19H18ClN3O2S/c1-13(15-9-5-6-10-16(15)20)21-17(24)12-26-19-23-22-18(25-19)11-14-7-3-2-4-8-14/h2-10,13H,11-12H2,1H3,(H,21,24)/t13-/m0/s1. The summed E-state index contributed by atoms with van der Waals surface area (Å²) in [5, 5.41) is 11.9. The van der Waals surface area contributed by atoms with Crippen LogP contribution in [0.2, 0.25) is 5.02 Å². The highest BCUT2D eigenvalue weighted by Gasteiger charge is 2.14. The van der Waals surface area contributed by atoms with Crippen LogP contribution in [0.4, 0.5) is 0 Å². The topological polar surface area (TPSA) is 68.0 Å². The van der Waals surface area contributed by atoms with Gasteiger partial charge in [-0.15, -0.1) is 10.2 Å². The monoisotopic (exact) mass is 387 g/mol. The molecule has 5 nitrogen and oxygen atoms in total. The fourth-order valence-corrected chi connectivity index (χ4v) is 3.34. The molecule has 0 aliphatic carbocycles. The van der Waals surface area contributed by atoms with Crippen molar-refractivity contribution >= 4 is 29.3 Å². The van der Waals surface area contributed by atoms with Gasteiger partial charge in [0.05, 0.1) is 18.2 Å². The maximum atomic E-state index is 12.1. The third-order valence-corrected chi connectivity index (χ3v) is 4.89. The van der Waals surface area contributed by atoms with E-state index in [4.69, 9.17) is 16.0 Å². The second-order valence-electron chi connectivity index (χ2n) is 5.72.